The van der Waals surface area contributed by atoms with Crippen LogP contribution in [0.3, 0.4) is 0 Å². The average Bonchev–Trinajstić information content (AvgIpc) is 3.73. The van der Waals surface area contributed by atoms with Crippen molar-refractivity contribution in [3.63, 3.8) is 0 Å². The first kappa shape index (κ1) is 37.8. The van der Waals surface area contributed by atoms with Crippen LogP contribution in [0.1, 0.15) is 0 Å². The number of hydrogen-bond donors (Lipinski definition) is 0. The fraction of sp³-hybridized carbons (Fsp3) is 0. The summed E-state index contributed by atoms with van der Waals surface area (Å²) in [6.07, 6.45) is 0. The lowest BCUT2D eigenvalue weighted by molar-refractivity contribution is 1.20. The van der Waals surface area contributed by atoms with Gasteiger partial charge in [-0.15, -0.1) is 0 Å². The molecule has 0 aliphatic rings. The molecule has 0 atom stereocenters. The molecule has 13 aromatic rings. The Morgan fingerprint density at radius 2 is 0.652 bits per heavy atom. The van der Waals surface area contributed by atoms with Gasteiger partial charge in [-0.2, -0.15) is 0 Å². The molecule has 13 rings (SSSR count). The lowest BCUT2D eigenvalue weighted by Crippen LogP contribution is -2.10. The van der Waals surface area contributed by atoms with E-state index in [1.54, 1.807) is 0 Å². The van der Waals surface area contributed by atoms with Crippen molar-refractivity contribution >= 4 is 71.2 Å². The maximum atomic E-state index is 2.46. The highest BCUT2D eigenvalue weighted by Gasteiger charge is 2.21. The summed E-state index contributed by atoms with van der Waals surface area (Å²) >= 11 is 0. The van der Waals surface area contributed by atoms with Crippen LogP contribution < -0.4 is 4.90 Å². The molecule has 0 saturated heterocycles. The zero-order valence-electron chi connectivity index (χ0n) is 36.1. The van der Waals surface area contributed by atoms with Crippen molar-refractivity contribution < 1.29 is 0 Å². The number of rotatable bonds is 8. The minimum absolute atomic E-state index is 1.10. The molecule has 0 saturated carbocycles. The monoisotopic (exact) mass is 838 g/mol. The Labute approximate surface area is 383 Å². The standard InChI is InChI=1S/C64H42N2/c1-3-13-43(14-4-1)49-17-11-19-51(41-49)45-25-33-53(34-26-45)65(54-35-27-46(28-36-54)52-20-12-18-50(42-52)44-15-5-2-6-16-44)61-39-31-47-30-38-58-62(40-32-48-29-37-57(61)63(47)64(48)58)66-59-23-9-7-21-55(59)56-22-8-10-24-60(56)66/h1-42H. The van der Waals surface area contributed by atoms with Crippen LogP contribution in [0.25, 0.3) is 104 Å². The second kappa shape index (κ2) is 15.5. The Morgan fingerprint density at radius 1 is 0.258 bits per heavy atom. The first-order valence-electron chi connectivity index (χ1n) is 22.7. The van der Waals surface area contributed by atoms with Gasteiger partial charge in [0.05, 0.1) is 22.4 Å². The van der Waals surface area contributed by atoms with Crippen molar-refractivity contribution in [1.29, 1.82) is 0 Å². The first-order chi connectivity index (χ1) is 32.7. The summed E-state index contributed by atoms with van der Waals surface area (Å²) in [5.41, 5.74) is 16.5. The molecule has 0 spiro atoms. The summed E-state index contributed by atoms with van der Waals surface area (Å²) in [5.74, 6) is 0. The van der Waals surface area contributed by atoms with Gasteiger partial charge in [0.1, 0.15) is 0 Å². The number of hydrogen-bond acceptors (Lipinski definition) is 1. The summed E-state index contributed by atoms with van der Waals surface area (Å²) in [6, 6.07) is 93.2. The molecule has 0 amide bonds. The Bertz CT molecular complexity index is 3720. The third-order valence-corrected chi connectivity index (χ3v) is 13.5. The van der Waals surface area contributed by atoms with E-state index in [0.717, 1.165) is 17.1 Å². The van der Waals surface area contributed by atoms with E-state index in [1.807, 2.05) is 0 Å². The quantitative estimate of drug-likeness (QED) is 0.138. The van der Waals surface area contributed by atoms with Gasteiger partial charge in [0, 0.05) is 32.9 Å². The number of fused-ring (bicyclic) bond motifs is 3. The van der Waals surface area contributed by atoms with Crippen molar-refractivity contribution in [1.82, 2.24) is 4.57 Å². The Morgan fingerprint density at radius 3 is 1.17 bits per heavy atom. The summed E-state index contributed by atoms with van der Waals surface area (Å²) in [4.78, 5) is 2.44. The molecule has 308 valence electrons. The third kappa shape index (κ3) is 6.26. The van der Waals surface area contributed by atoms with E-state index >= 15 is 0 Å². The molecule has 2 heteroatoms. The minimum Gasteiger partial charge on any atom is -0.310 e. The summed E-state index contributed by atoms with van der Waals surface area (Å²) < 4.78 is 2.46. The van der Waals surface area contributed by atoms with E-state index in [4.69, 9.17) is 0 Å². The molecule has 0 unspecified atom stereocenters. The smallest absolute Gasteiger partial charge is 0.0541 e. The second-order valence-corrected chi connectivity index (χ2v) is 17.3. The lowest BCUT2D eigenvalue weighted by atomic mass is 9.92. The summed E-state index contributed by atoms with van der Waals surface area (Å²) in [7, 11) is 0. The van der Waals surface area contributed by atoms with Gasteiger partial charge >= 0.3 is 0 Å². The van der Waals surface area contributed by atoms with Gasteiger partial charge in [0.25, 0.3) is 0 Å². The number of anilines is 3. The van der Waals surface area contributed by atoms with E-state index in [1.165, 1.54) is 104 Å². The van der Waals surface area contributed by atoms with Crippen LogP contribution in [0.5, 0.6) is 0 Å². The van der Waals surface area contributed by atoms with Crippen LogP contribution in [-0.2, 0) is 0 Å². The minimum atomic E-state index is 1.10. The van der Waals surface area contributed by atoms with Crippen molar-refractivity contribution in [2.24, 2.45) is 0 Å². The Hall–Kier alpha value is -8.72. The average molecular weight is 839 g/mol. The van der Waals surface area contributed by atoms with E-state index in [-0.39, 0.29) is 0 Å². The molecule has 12 aromatic carbocycles. The second-order valence-electron chi connectivity index (χ2n) is 17.3. The van der Waals surface area contributed by atoms with E-state index in [0.29, 0.717) is 0 Å². The number of benzene rings is 12. The van der Waals surface area contributed by atoms with Crippen LogP contribution in [0.4, 0.5) is 17.1 Å². The van der Waals surface area contributed by atoms with E-state index in [9.17, 15) is 0 Å². The number of nitrogens with zero attached hydrogens (tertiary/aromatic N) is 2. The van der Waals surface area contributed by atoms with Crippen molar-refractivity contribution in [3.8, 4) is 50.2 Å². The highest BCUT2D eigenvalue weighted by Crippen LogP contribution is 2.46. The predicted molar refractivity (Wildman–Crippen MR) is 281 cm³/mol. The van der Waals surface area contributed by atoms with Crippen molar-refractivity contribution in [3.05, 3.63) is 255 Å². The van der Waals surface area contributed by atoms with E-state index < -0.39 is 0 Å². The zero-order valence-corrected chi connectivity index (χ0v) is 36.1. The molecule has 2 nitrogen and oxygen atoms in total. The maximum Gasteiger partial charge on any atom is 0.0541 e. The van der Waals surface area contributed by atoms with Gasteiger partial charge in [0.2, 0.25) is 0 Å². The topological polar surface area (TPSA) is 8.17 Å². The van der Waals surface area contributed by atoms with Gasteiger partial charge in [-0.1, -0.05) is 194 Å². The SMILES string of the molecule is c1ccc(-c2cccc(-c3ccc(N(c4ccc(-c5cccc(-c6ccccc6)c5)cc4)c4ccc5ccc6c(-n7c8ccccc8c8ccccc87)ccc7ccc4c5c76)cc3)c2)cc1. The first-order valence-corrected chi connectivity index (χ1v) is 22.7. The molecule has 0 radical (unpaired) electrons. The molecule has 0 N–H and O–H groups in total. The third-order valence-electron chi connectivity index (χ3n) is 13.5. The van der Waals surface area contributed by atoms with Gasteiger partial charge in [-0.3, -0.25) is 0 Å². The number of aromatic nitrogens is 1. The van der Waals surface area contributed by atoms with Gasteiger partial charge in [0.15, 0.2) is 0 Å². The molecular weight excluding hydrogens is 797 g/mol. The largest absolute Gasteiger partial charge is 0.310 e. The van der Waals surface area contributed by atoms with Gasteiger partial charge in [-0.05, 0) is 127 Å². The molecule has 0 aliphatic heterocycles. The highest BCUT2D eigenvalue weighted by molar-refractivity contribution is 6.27. The Balaban J connectivity index is 0.975. The van der Waals surface area contributed by atoms with Crippen LogP contribution in [0, 0.1) is 0 Å². The van der Waals surface area contributed by atoms with Crippen LogP contribution in [0.2, 0.25) is 0 Å². The fourth-order valence-electron chi connectivity index (χ4n) is 10.4. The molecule has 0 bridgehead atoms. The molecule has 0 fully saturated rings. The van der Waals surface area contributed by atoms with Crippen LogP contribution in [-0.4, -0.2) is 4.57 Å². The highest BCUT2D eigenvalue weighted by atomic mass is 15.1. The zero-order chi connectivity index (χ0) is 43.6. The van der Waals surface area contributed by atoms with E-state index in [2.05, 4.69) is 264 Å². The predicted octanol–water partition coefficient (Wildman–Crippen LogP) is 17.8. The molecule has 0 aliphatic carbocycles. The van der Waals surface area contributed by atoms with Crippen molar-refractivity contribution in [2.45, 2.75) is 0 Å². The molecular formula is C64H42N2. The number of para-hydroxylation sites is 2. The molecule has 1 heterocycles. The van der Waals surface area contributed by atoms with Gasteiger partial charge in [-0.25, -0.2) is 0 Å². The molecule has 1 aromatic heterocycles. The van der Waals surface area contributed by atoms with Crippen LogP contribution >= 0.6 is 0 Å². The summed E-state index contributed by atoms with van der Waals surface area (Å²) in [6.45, 7) is 0. The fourth-order valence-corrected chi connectivity index (χ4v) is 10.4. The summed E-state index contributed by atoms with van der Waals surface area (Å²) in [5, 5.41) is 10.0. The molecule has 66 heavy (non-hydrogen) atoms. The normalized spacial score (nSPS) is 11.6. The van der Waals surface area contributed by atoms with Gasteiger partial charge < -0.3 is 9.47 Å². The van der Waals surface area contributed by atoms with Crippen LogP contribution in [0.15, 0.2) is 255 Å². The maximum absolute atomic E-state index is 2.46. The Kier molecular flexibility index (Phi) is 8.89. The van der Waals surface area contributed by atoms with Crippen molar-refractivity contribution in [2.75, 3.05) is 4.90 Å². The lowest BCUT2D eigenvalue weighted by Gasteiger charge is -2.28.